The molecule has 0 heterocycles. The van der Waals surface area contributed by atoms with Crippen LogP contribution in [0.3, 0.4) is 0 Å². The highest BCUT2D eigenvalue weighted by molar-refractivity contribution is 5.87. The molecule has 0 radical (unpaired) electrons. The van der Waals surface area contributed by atoms with E-state index in [2.05, 4.69) is 10.6 Å². The maximum atomic E-state index is 11.8. The van der Waals surface area contributed by atoms with Gasteiger partial charge in [0.2, 0.25) is 5.91 Å². The van der Waals surface area contributed by atoms with Gasteiger partial charge in [0.25, 0.3) is 0 Å². The van der Waals surface area contributed by atoms with Crippen LogP contribution in [0, 0.1) is 5.92 Å². The first-order valence-electron chi connectivity index (χ1n) is 6.58. The van der Waals surface area contributed by atoms with Gasteiger partial charge in [0.05, 0.1) is 6.04 Å². The van der Waals surface area contributed by atoms with Gasteiger partial charge < -0.3 is 22.1 Å². The lowest BCUT2D eigenvalue weighted by atomic mass is 10.1. The number of nitrogens with one attached hydrogen (secondary N) is 2. The Morgan fingerprint density at radius 3 is 2.30 bits per heavy atom. The largest absolute Gasteiger partial charge is 0.351 e. The molecule has 1 rings (SSSR count). The van der Waals surface area contributed by atoms with Gasteiger partial charge >= 0.3 is 6.03 Å². The van der Waals surface area contributed by atoms with Crippen LogP contribution < -0.4 is 22.1 Å². The number of urea groups is 1. The third-order valence-electron chi connectivity index (χ3n) is 2.99. The van der Waals surface area contributed by atoms with Crippen molar-refractivity contribution in [3.63, 3.8) is 0 Å². The lowest BCUT2D eigenvalue weighted by molar-refractivity contribution is -0.122. The topological polar surface area (TPSA) is 110 Å². The minimum absolute atomic E-state index is 0.0187. The Hall–Kier alpha value is -2.08. The van der Waals surface area contributed by atoms with Gasteiger partial charge in [-0.1, -0.05) is 19.1 Å². The second-order valence-corrected chi connectivity index (χ2v) is 4.95. The average molecular weight is 278 g/mol. The summed E-state index contributed by atoms with van der Waals surface area (Å²) in [6.45, 7) is 4.34. The maximum absolute atomic E-state index is 11.8. The molecule has 20 heavy (non-hydrogen) atoms. The van der Waals surface area contributed by atoms with E-state index in [0.29, 0.717) is 18.7 Å². The van der Waals surface area contributed by atoms with Crippen LogP contribution in [-0.4, -0.2) is 18.5 Å². The smallest absolute Gasteiger partial charge is 0.316 e. The molecule has 110 valence electrons. The summed E-state index contributed by atoms with van der Waals surface area (Å²) in [4.78, 5) is 22.5. The molecule has 0 aromatic heterocycles. The van der Waals surface area contributed by atoms with Gasteiger partial charge in [-0.05, 0) is 37.1 Å². The molecule has 1 aromatic rings. The molecule has 2 unspecified atom stereocenters. The molecule has 0 aliphatic rings. The molecule has 1 aromatic carbocycles. The number of benzene rings is 1. The number of hydrogen-bond donors (Lipinski definition) is 4. The predicted molar refractivity (Wildman–Crippen MR) is 79.0 cm³/mol. The van der Waals surface area contributed by atoms with Crippen LogP contribution in [0.1, 0.15) is 31.9 Å². The Morgan fingerprint density at radius 1 is 1.20 bits per heavy atom. The van der Waals surface area contributed by atoms with Crippen molar-refractivity contribution >= 4 is 17.6 Å². The van der Waals surface area contributed by atoms with Crippen LogP contribution in [0.25, 0.3) is 0 Å². The molecule has 3 amide bonds. The third-order valence-corrected chi connectivity index (χ3v) is 2.99. The molecule has 2 atom stereocenters. The van der Waals surface area contributed by atoms with E-state index in [9.17, 15) is 9.59 Å². The molecule has 0 spiro atoms. The number of anilines is 1. The van der Waals surface area contributed by atoms with Crippen molar-refractivity contribution < 1.29 is 9.59 Å². The summed E-state index contributed by atoms with van der Waals surface area (Å²) in [6, 6.07) is 6.45. The summed E-state index contributed by atoms with van der Waals surface area (Å²) < 4.78 is 0. The van der Waals surface area contributed by atoms with Gasteiger partial charge in [-0.15, -0.1) is 0 Å². The van der Waals surface area contributed by atoms with E-state index in [-0.39, 0.29) is 17.9 Å². The SMILES string of the molecule is CC(CN)CC(=O)NC(C)c1ccc(NC(N)=O)cc1. The fraction of sp³-hybridized carbons (Fsp3) is 0.429. The van der Waals surface area contributed by atoms with E-state index < -0.39 is 6.03 Å². The number of carbonyl (C=O) groups is 2. The standard InChI is InChI=1S/C14H22N4O2/c1-9(8-15)7-13(19)17-10(2)11-3-5-12(6-4-11)18-14(16)20/h3-6,9-10H,7-8,15H2,1-2H3,(H,17,19)(H3,16,18,20). The van der Waals surface area contributed by atoms with E-state index in [1.54, 1.807) is 12.1 Å². The Bertz CT molecular complexity index is 459. The van der Waals surface area contributed by atoms with Gasteiger partial charge in [0.15, 0.2) is 0 Å². The van der Waals surface area contributed by atoms with Gasteiger partial charge in [0, 0.05) is 12.1 Å². The lowest BCUT2D eigenvalue weighted by Gasteiger charge is -2.16. The molecule has 6 N–H and O–H groups in total. The van der Waals surface area contributed by atoms with E-state index >= 15 is 0 Å². The normalized spacial score (nSPS) is 13.3. The molecular weight excluding hydrogens is 256 g/mol. The number of nitrogens with two attached hydrogens (primary N) is 2. The van der Waals surface area contributed by atoms with Gasteiger partial charge in [-0.2, -0.15) is 0 Å². The fourth-order valence-corrected chi connectivity index (χ4v) is 1.78. The molecule has 0 aliphatic heterocycles. The van der Waals surface area contributed by atoms with E-state index in [4.69, 9.17) is 11.5 Å². The van der Waals surface area contributed by atoms with Crippen molar-refractivity contribution in [1.82, 2.24) is 5.32 Å². The van der Waals surface area contributed by atoms with Crippen molar-refractivity contribution in [2.45, 2.75) is 26.3 Å². The van der Waals surface area contributed by atoms with E-state index in [1.807, 2.05) is 26.0 Å². The summed E-state index contributed by atoms with van der Waals surface area (Å²) >= 11 is 0. The van der Waals surface area contributed by atoms with Crippen LogP contribution in [0.4, 0.5) is 10.5 Å². The van der Waals surface area contributed by atoms with Crippen LogP contribution in [0.5, 0.6) is 0 Å². The lowest BCUT2D eigenvalue weighted by Crippen LogP contribution is -2.29. The molecule has 6 heteroatoms. The van der Waals surface area contributed by atoms with Crippen molar-refractivity contribution in [2.24, 2.45) is 17.4 Å². The summed E-state index contributed by atoms with van der Waals surface area (Å²) in [7, 11) is 0. The van der Waals surface area contributed by atoms with Crippen LogP contribution in [0.2, 0.25) is 0 Å². The minimum atomic E-state index is -0.602. The Kier molecular flexibility index (Phi) is 5.99. The molecule has 0 bridgehead atoms. The van der Waals surface area contributed by atoms with E-state index in [0.717, 1.165) is 5.56 Å². The van der Waals surface area contributed by atoms with Gasteiger partial charge in [-0.3, -0.25) is 4.79 Å². The van der Waals surface area contributed by atoms with Crippen molar-refractivity contribution in [2.75, 3.05) is 11.9 Å². The molecule has 0 fully saturated rings. The summed E-state index contributed by atoms with van der Waals surface area (Å²) in [5, 5.41) is 5.40. The van der Waals surface area contributed by atoms with Gasteiger partial charge in [0.1, 0.15) is 0 Å². The highest BCUT2D eigenvalue weighted by atomic mass is 16.2. The number of primary amides is 1. The summed E-state index contributed by atoms with van der Waals surface area (Å²) in [5.41, 5.74) is 12.1. The Morgan fingerprint density at radius 2 is 1.80 bits per heavy atom. The van der Waals surface area contributed by atoms with Crippen molar-refractivity contribution in [1.29, 1.82) is 0 Å². The van der Waals surface area contributed by atoms with Crippen LogP contribution in [0.15, 0.2) is 24.3 Å². The zero-order valence-electron chi connectivity index (χ0n) is 11.8. The predicted octanol–water partition coefficient (Wildman–Crippen LogP) is 1.34. The molecule has 0 aliphatic carbocycles. The van der Waals surface area contributed by atoms with Gasteiger partial charge in [-0.25, -0.2) is 4.79 Å². The first-order chi connectivity index (χ1) is 9.42. The fourth-order valence-electron chi connectivity index (χ4n) is 1.78. The first-order valence-corrected chi connectivity index (χ1v) is 6.58. The highest BCUT2D eigenvalue weighted by Gasteiger charge is 2.12. The first kappa shape index (κ1) is 16.0. The molecular formula is C14H22N4O2. The molecule has 6 nitrogen and oxygen atoms in total. The highest BCUT2D eigenvalue weighted by Crippen LogP contribution is 2.16. The number of carbonyl (C=O) groups excluding carboxylic acids is 2. The second kappa shape index (κ2) is 7.49. The monoisotopic (exact) mass is 278 g/mol. The maximum Gasteiger partial charge on any atom is 0.316 e. The summed E-state index contributed by atoms with van der Waals surface area (Å²) in [5.74, 6) is 0.152. The van der Waals surface area contributed by atoms with E-state index in [1.165, 1.54) is 0 Å². The van der Waals surface area contributed by atoms with Crippen molar-refractivity contribution in [3.05, 3.63) is 29.8 Å². The molecule has 0 saturated carbocycles. The van der Waals surface area contributed by atoms with Crippen LogP contribution in [-0.2, 0) is 4.79 Å². The van der Waals surface area contributed by atoms with Crippen LogP contribution >= 0.6 is 0 Å². The summed E-state index contributed by atoms with van der Waals surface area (Å²) in [6.07, 6.45) is 0.419. The number of hydrogen-bond acceptors (Lipinski definition) is 3. The quantitative estimate of drug-likeness (QED) is 0.630. The number of amides is 3. The second-order valence-electron chi connectivity index (χ2n) is 4.95. The zero-order chi connectivity index (χ0) is 15.1. The number of rotatable bonds is 6. The van der Waals surface area contributed by atoms with Crippen molar-refractivity contribution in [3.8, 4) is 0 Å². The average Bonchev–Trinajstić information content (AvgIpc) is 2.38. The minimum Gasteiger partial charge on any atom is -0.351 e. The zero-order valence-corrected chi connectivity index (χ0v) is 11.8. The Labute approximate surface area is 118 Å². The molecule has 0 saturated heterocycles. The Balaban J connectivity index is 2.57. The third kappa shape index (κ3) is 5.27.